The second-order valence-corrected chi connectivity index (χ2v) is 6.62. The first kappa shape index (κ1) is 17.7. The van der Waals surface area contributed by atoms with E-state index in [-0.39, 0.29) is 11.3 Å². The molecule has 0 radical (unpaired) electrons. The predicted octanol–water partition coefficient (Wildman–Crippen LogP) is 1.07. The van der Waals surface area contributed by atoms with Crippen LogP contribution < -0.4 is 0 Å². The zero-order valence-corrected chi connectivity index (χ0v) is 14.1. The molecule has 6 heteroatoms. The van der Waals surface area contributed by atoms with Gasteiger partial charge in [0.2, 0.25) is 0 Å². The molecule has 1 heterocycles. The zero-order valence-electron chi connectivity index (χ0n) is 14.1. The third-order valence-electron chi connectivity index (χ3n) is 4.12. The van der Waals surface area contributed by atoms with Gasteiger partial charge in [0.25, 0.3) is 0 Å². The maximum atomic E-state index is 11.7. The molecule has 0 aromatic heterocycles. The molecule has 1 fully saturated rings. The lowest BCUT2D eigenvalue weighted by molar-refractivity contribution is -0.0480. The minimum Gasteiger partial charge on any atom is -0.507 e. The summed E-state index contributed by atoms with van der Waals surface area (Å²) in [4.78, 5) is 15.8. The van der Waals surface area contributed by atoms with Gasteiger partial charge in [0.1, 0.15) is 11.3 Å². The number of aromatic hydroxyl groups is 1. The molecule has 0 spiro atoms. The largest absolute Gasteiger partial charge is 0.507 e. The molecular formula is C17H26N2O4. The fourth-order valence-corrected chi connectivity index (χ4v) is 3.27. The molecule has 0 saturated carbocycles. The zero-order chi connectivity index (χ0) is 17.0. The Morgan fingerprint density at radius 3 is 2.83 bits per heavy atom. The SMILES string of the molecule is COC(=O)c1cc(CN2CCCC(O)(CN(C)C)C2)ccc1O. The molecule has 0 aliphatic carbocycles. The van der Waals surface area contributed by atoms with E-state index < -0.39 is 11.6 Å². The van der Waals surface area contributed by atoms with Crippen molar-refractivity contribution in [3.05, 3.63) is 29.3 Å². The Labute approximate surface area is 137 Å². The molecule has 1 aromatic carbocycles. The summed E-state index contributed by atoms with van der Waals surface area (Å²) in [5, 5.41) is 20.5. The van der Waals surface area contributed by atoms with Crippen LogP contribution in [0.5, 0.6) is 5.75 Å². The monoisotopic (exact) mass is 322 g/mol. The molecular weight excluding hydrogens is 296 g/mol. The highest BCUT2D eigenvalue weighted by Gasteiger charge is 2.33. The van der Waals surface area contributed by atoms with Gasteiger partial charge in [-0.3, -0.25) is 4.90 Å². The van der Waals surface area contributed by atoms with Crippen molar-refractivity contribution in [3.63, 3.8) is 0 Å². The maximum Gasteiger partial charge on any atom is 0.341 e. The van der Waals surface area contributed by atoms with Gasteiger partial charge in [-0.25, -0.2) is 4.79 Å². The number of piperidine rings is 1. The van der Waals surface area contributed by atoms with Crippen LogP contribution in [0, 0.1) is 0 Å². The van der Waals surface area contributed by atoms with E-state index in [1.807, 2.05) is 19.0 Å². The standard InChI is InChI=1S/C17H26N2O4/c1-18(2)11-17(22)7-4-8-19(12-17)10-13-5-6-15(20)14(9-13)16(21)23-3/h5-6,9,20,22H,4,7-8,10-12H2,1-3H3. The Bertz CT molecular complexity index is 562. The second kappa shape index (κ2) is 7.29. The third kappa shape index (κ3) is 4.67. The van der Waals surface area contributed by atoms with Crippen molar-refractivity contribution in [2.45, 2.75) is 25.0 Å². The van der Waals surface area contributed by atoms with Gasteiger partial charge in [-0.15, -0.1) is 0 Å². The molecule has 1 saturated heterocycles. The van der Waals surface area contributed by atoms with Gasteiger partial charge < -0.3 is 19.8 Å². The van der Waals surface area contributed by atoms with Crippen LogP contribution >= 0.6 is 0 Å². The lowest BCUT2D eigenvalue weighted by atomic mass is 9.92. The van der Waals surface area contributed by atoms with Gasteiger partial charge in [0, 0.05) is 19.6 Å². The average Bonchev–Trinajstić information content (AvgIpc) is 2.47. The number of carbonyl (C=O) groups excluding carboxylic acids is 1. The van der Waals surface area contributed by atoms with Gasteiger partial charge in [-0.05, 0) is 51.2 Å². The van der Waals surface area contributed by atoms with Gasteiger partial charge in [-0.2, -0.15) is 0 Å². The third-order valence-corrected chi connectivity index (χ3v) is 4.12. The summed E-state index contributed by atoms with van der Waals surface area (Å²) in [6.45, 7) is 2.76. The number of likely N-dealkylation sites (tertiary alicyclic amines) is 1. The van der Waals surface area contributed by atoms with E-state index >= 15 is 0 Å². The van der Waals surface area contributed by atoms with Crippen LogP contribution in [0.4, 0.5) is 0 Å². The van der Waals surface area contributed by atoms with Crippen molar-refractivity contribution in [2.75, 3.05) is 40.8 Å². The summed E-state index contributed by atoms with van der Waals surface area (Å²) in [5.41, 5.74) is 0.381. The van der Waals surface area contributed by atoms with Crippen molar-refractivity contribution in [1.82, 2.24) is 9.80 Å². The van der Waals surface area contributed by atoms with E-state index in [0.29, 0.717) is 19.6 Å². The molecule has 2 N–H and O–H groups in total. The van der Waals surface area contributed by atoms with Crippen molar-refractivity contribution in [3.8, 4) is 5.75 Å². The number of likely N-dealkylation sites (N-methyl/N-ethyl adjacent to an activating group) is 1. The van der Waals surface area contributed by atoms with Crippen LogP contribution in [-0.4, -0.2) is 72.4 Å². The Hall–Kier alpha value is -1.63. The van der Waals surface area contributed by atoms with Crippen LogP contribution in [0.1, 0.15) is 28.8 Å². The minimum absolute atomic E-state index is 0.0802. The van der Waals surface area contributed by atoms with Crippen LogP contribution in [0.2, 0.25) is 0 Å². The normalized spacial score (nSPS) is 22.3. The number of hydrogen-bond acceptors (Lipinski definition) is 6. The van der Waals surface area contributed by atoms with Gasteiger partial charge in [-0.1, -0.05) is 6.07 Å². The molecule has 0 bridgehead atoms. The van der Waals surface area contributed by atoms with E-state index in [1.165, 1.54) is 13.2 Å². The number of methoxy groups -OCH3 is 1. The fraction of sp³-hybridized carbons (Fsp3) is 0.588. The lowest BCUT2D eigenvalue weighted by Gasteiger charge is -2.40. The van der Waals surface area contributed by atoms with Crippen molar-refractivity contribution >= 4 is 5.97 Å². The Morgan fingerprint density at radius 2 is 2.17 bits per heavy atom. The number of carbonyl (C=O) groups is 1. The Kier molecular flexibility index (Phi) is 5.62. The van der Waals surface area contributed by atoms with E-state index in [4.69, 9.17) is 0 Å². The number of aliphatic hydroxyl groups is 1. The highest BCUT2D eigenvalue weighted by atomic mass is 16.5. The topological polar surface area (TPSA) is 73.2 Å². The van der Waals surface area contributed by atoms with E-state index in [9.17, 15) is 15.0 Å². The van der Waals surface area contributed by atoms with Crippen molar-refractivity contribution < 1.29 is 19.7 Å². The number of phenolic OH excluding ortho intramolecular Hbond substituents is 1. The summed E-state index contributed by atoms with van der Waals surface area (Å²) in [6, 6.07) is 4.96. The number of hydrogen-bond donors (Lipinski definition) is 2. The smallest absolute Gasteiger partial charge is 0.341 e. The molecule has 1 unspecified atom stereocenters. The van der Waals surface area contributed by atoms with E-state index in [0.717, 1.165) is 24.9 Å². The average molecular weight is 322 g/mol. The molecule has 1 aliphatic heterocycles. The van der Waals surface area contributed by atoms with Crippen LogP contribution in [0.3, 0.4) is 0 Å². The fourth-order valence-electron chi connectivity index (χ4n) is 3.27. The van der Waals surface area contributed by atoms with Gasteiger partial charge >= 0.3 is 5.97 Å². The number of benzene rings is 1. The first-order valence-electron chi connectivity index (χ1n) is 7.83. The molecule has 0 amide bonds. The molecule has 1 atom stereocenters. The van der Waals surface area contributed by atoms with Gasteiger partial charge in [0.05, 0.1) is 12.7 Å². The highest BCUT2D eigenvalue weighted by molar-refractivity contribution is 5.92. The van der Waals surface area contributed by atoms with E-state index in [1.54, 1.807) is 12.1 Å². The number of rotatable bonds is 5. The number of β-amino-alcohol motifs (C(OH)–C–C–N with tert-alkyl or cyclic N) is 1. The number of esters is 1. The quantitative estimate of drug-likeness (QED) is 0.790. The van der Waals surface area contributed by atoms with Crippen molar-refractivity contribution in [2.24, 2.45) is 0 Å². The van der Waals surface area contributed by atoms with Crippen LogP contribution in [-0.2, 0) is 11.3 Å². The van der Waals surface area contributed by atoms with Crippen LogP contribution in [0.15, 0.2) is 18.2 Å². The Balaban J connectivity index is 2.08. The summed E-state index contributed by atoms with van der Waals surface area (Å²) in [6.07, 6.45) is 1.73. The minimum atomic E-state index is -0.705. The second-order valence-electron chi connectivity index (χ2n) is 6.62. The molecule has 1 aliphatic rings. The maximum absolute atomic E-state index is 11.7. The molecule has 1 aromatic rings. The van der Waals surface area contributed by atoms with Crippen molar-refractivity contribution in [1.29, 1.82) is 0 Å². The number of phenols is 1. The number of nitrogens with zero attached hydrogens (tertiary/aromatic N) is 2. The Morgan fingerprint density at radius 1 is 1.43 bits per heavy atom. The molecule has 23 heavy (non-hydrogen) atoms. The summed E-state index contributed by atoms with van der Waals surface area (Å²) >= 11 is 0. The van der Waals surface area contributed by atoms with Gasteiger partial charge in [0.15, 0.2) is 0 Å². The van der Waals surface area contributed by atoms with E-state index in [2.05, 4.69) is 9.64 Å². The molecule has 6 nitrogen and oxygen atoms in total. The van der Waals surface area contributed by atoms with Crippen LogP contribution in [0.25, 0.3) is 0 Å². The first-order valence-corrected chi connectivity index (χ1v) is 7.83. The first-order chi connectivity index (χ1) is 10.8. The molecule has 2 rings (SSSR count). The number of ether oxygens (including phenoxy) is 1. The molecule has 128 valence electrons. The summed E-state index contributed by atoms with van der Waals surface area (Å²) in [7, 11) is 5.21. The predicted molar refractivity (Wildman–Crippen MR) is 87.5 cm³/mol. The summed E-state index contributed by atoms with van der Waals surface area (Å²) in [5.74, 6) is -0.629. The highest BCUT2D eigenvalue weighted by Crippen LogP contribution is 2.25. The summed E-state index contributed by atoms with van der Waals surface area (Å²) < 4.78 is 4.68. The lowest BCUT2D eigenvalue weighted by Crippen LogP contribution is -2.52.